The number of benzene rings is 1. The van der Waals surface area contributed by atoms with E-state index in [1.54, 1.807) is 6.26 Å². The number of furan rings is 1. The Morgan fingerprint density at radius 3 is 2.78 bits per heavy atom. The Labute approximate surface area is 167 Å². The lowest BCUT2D eigenvalue weighted by molar-refractivity contribution is -0.118. The molecule has 6 nitrogen and oxygen atoms in total. The summed E-state index contributed by atoms with van der Waals surface area (Å²) in [5.41, 5.74) is 0.889. The Balaban J connectivity index is 1.63. The molecule has 2 aromatic heterocycles. The van der Waals surface area contributed by atoms with Gasteiger partial charge in [-0.3, -0.25) is 9.36 Å². The summed E-state index contributed by atoms with van der Waals surface area (Å²) >= 11 is 7.47. The molecule has 0 fully saturated rings. The monoisotopic (exact) mass is 404 g/mol. The molecule has 0 spiro atoms. The van der Waals surface area contributed by atoms with Crippen molar-refractivity contribution in [3.05, 3.63) is 53.2 Å². The van der Waals surface area contributed by atoms with Crippen LogP contribution in [0.2, 0.25) is 5.02 Å². The van der Waals surface area contributed by atoms with E-state index in [-0.39, 0.29) is 11.7 Å². The molecule has 27 heavy (non-hydrogen) atoms. The normalized spacial score (nSPS) is 11.1. The van der Waals surface area contributed by atoms with Crippen LogP contribution in [-0.2, 0) is 17.9 Å². The average Bonchev–Trinajstić information content (AvgIpc) is 3.28. The first-order chi connectivity index (χ1) is 13.0. The maximum Gasteiger partial charge on any atom is 0.230 e. The van der Waals surface area contributed by atoms with Gasteiger partial charge in [-0.15, -0.1) is 10.2 Å². The number of hydrogen-bond donors (Lipinski definition) is 1. The third-order valence-corrected chi connectivity index (χ3v) is 5.11. The maximum absolute atomic E-state index is 12.2. The van der Waals surface area contributed by atoms with Crippen LogP contribution in [0.3, 0.4) is 0 Å². The Bertz CT molecular complexity index is 893. The minimum Gasteiger partial charge on any atom is -0.461 e. The van der Waals surface area contributed by atoms with Gasteiger partial charge in [0.25, 0.3) is 0 Å². The van der Waals surface area contributed by atoms with Gasteiger partial charge < -0.3 is 9.73 Å². The third-order valence-electron chi connectivity index (χ3n) is 3.77. The molecular weight excluding hydrogens is 384 g/mol. The minimum atomic E-state index is -0.0847. The second kappa shape index (κ2) is 9.10. The van der Waals surface area contributed by atoms with Gasteiger partial charge in [0.2, 0.25) is 5.91 Å². The third kappa shape index (κ3) is 5.14. The molecule has 0 aliphatic heterocycles. The predicted octanol–water partition coefficient (Wildman–Crippen LogP) is 4.26. The van der Waals surface area contributed by atoms with Gasteiger partial charge in [-0.05, 0) is 29.7 Å². The van der Waals surface area contributed by atoms with Gasteiger partial charge in [0.05, 0.1) is 12.0 Å². The quantitative estimate of drug-likeness (QED) is 0.568. The van der Waals surface area contributed by atoms with Crippen molar-refractivity contribution in [1.29, 1.82) is 0 Å². The first-order valence-corrected chi connectivity index (χ1v) is 10.0. The number of carbonyl (C=O) groups excluding carboxylic acids is 1. The van der Waals surface area contributed by atoms with Crippen LogP contribution in [0.4, 0.5) is 0 Å². The van der Waals surface area contributed by atoms with E-state index < -0.39 is 0 Å². The van der Waals surface area contributed by atoms with E-state index in [0.29, 0.717) is 34.2 Å². The predicted molar refractivity (Wildman–Crippen MR) is 107 cm³/mol. The molecule has 0 aliphatic rings. The second-order valence-corrected chi connectivity index (χ2v) is 7.79. The summed E-state index contributed by atoms with van der Waals surface area (Å²) in [7, 11) is 0. The van der Waals surface area contributed by atoms with Crippen LogP contribution in [0, 0.1) is 5.92 Å². The first kappa shape index (κ1) is 19.5. The number of hydrogen-bond acceptors (Lipinski definition) is 5. The number of carbonyl (C=O) groups is 1. The number of halogens is 1. The molecular formula is C19H21ClN4O2S. The van der Waals surface area contributed by atoms with E-state index in [2.05, 4.69) is 29.4 Å². The minimum absolute atomic E-state index is 0.0847. The summed E-state index contributed by atoms with van der Waals surface area (Å²) in [6.07, 6.45) is 1.61. The zero-order valence-electron chi connectivity index (χ0n) is 15.2. The second-order valence-electron chi connectivity index (χ2n) is 6.44. The number of nitrogens with one attached hydrogen (secondary N) is 1. The SMILES string of the molecule is CC(C)Cn1c(SCC(=O)NCc2ccccc2Cl)nnc1-c1ccco1. The molecule has 0 unspecified atom stereocenters. The van der Waals surface area contributed by atoms with E-state index in [1.165, 1.54) is 11.8 Å². The summed E-state index contributed by atoms with van der Waals surface area (Å²) < 4.78 is 7.45. The largest absolute Gasteiger partial charge is 0.461 e. The van der Waals surface area contributed by atoms with Crippen LogP contribution >= 0.6 is 23.4 Å². The van der Waals surface area contributed by atoms with Crippen LogP contribution in [0.15, 0.2) is 52.2 Å². The number of rotatable bonds is 8. The fraction of sp³-hybridized carbons (Fsp3) is 0.316. The van der Waals surface area contributed by atoms with Crippen molar-refractivity contribution in [2.24, 2.45) is 5.92 Å². The van der Waals surface area contributed by atoms with Gasteiger partial charge in [0, 0.05) is 18.1 Å². The summed E-state index contributed by atoms with van der Waals surface area (Å²) in [6.45, 7) is 5.38. The highest BCUT2D eigenvalue weighted by molar-refractivity contribution is 7.99. The fourth-order valence-electron chi connectivity index (χ4n) is 2.53. The lowest BCUT2D eigenvalue weighted by Gasteiger charge is -2.11. The van der Waals surface area contributed by atoms with Crippen molar-refractivity contribution >= 4 is 29.3 Å². The number of aromatic nitrogens is 3. The summed E-state index contributed by atoms with van der Waals surface area (Å²) in [5, 5.41) is 12.7. The van der Waals surface area contributed by atoms with Crippen molar-refractivity contribution < 1.29 is 9.21 Å². The van der Waals surface area contributed by atoms with Crippen LogP contribution in [-0.4, -0.2) is 26.4 Å². The van der Waals surface area contributed by atoms with Gasteiger partial charge in [-0.1, -0.05) is 55.4 Å². The highest BCUT2D eigenvalue weighted by Gasteiger charge is 2.18. The Morgan fingerprint density at radius 1 is 1.26 bits per heavy atom. The Hall–Kier alpha value is -2.25. The van der Waals surface area contributed by atoms with E-state index in [0.717, 1.165) is 12.1 Å². The number of amides is 1. The van der Waals surface area contributed by atoms with Crippen molar-refractivity contribution in [3.63, 3.8) is 0 Å². The van der Waals surface area contributed by atoms with Crippen LogP contribution in [0.5, 0.6) is 0 Å². The Kier molecular flexibility index (Phi) is 6.58. The number of thioether (sulfide) groups is 1. The molecule has 1 aromatic carbocycles. The zero-order chi connectivity index (χ0) is 19.2. The molecule has 3 rings (SSSR count). The molecule has 0 aliphatic carbocycles. The molecule has 2 heterocycles. The molecule has 8 heteroatoms. The molecule has 0 saturated carbocycles. The molecule has 1 amide bonds. The van der Waals surface area contributed by atoms with E-state index in [1.807, 2.05) is 41.0 Å². The molecule has 1 N–H and O–H groups in total. The molecule has 142 valence electrons. The van der Waals surface area contributed by atoms with Gasteiger partial charge in [0.1, 0.15) is 0 Å². The highest BCUT2D eigenvalue weighted by atomic mass is 35.5. The van der Waals surface area contributed by atoms with E-state index in [4.69, 9.17) is 16.0 Å². The standard InChI is InChI=1S/C19H21ClN4O2S/c1-13(2)11-24-18(16-8-5-9-26-16)22-23-19(24)27-12-17(25)21-10-14-6-3-4-7-15(14)20/h3-9,13H,10-12H2,1-2H3,(H,21,25). The fourth-order valence-corrected chi connectivity index (χ4v) is 3.51. The van der Waals surface area contributed by atoms with Gasteiger partial charge in [-0.25, -0.2) is 0 Å². The van der Waals surface area contributed by atoms with Crippen molar-refractivity contribution in [1.82, 2.24) is 20.1 Å². The van der Waals surface area contributed by atoms with Crippen LogP contribution < -0.4 is 5.32 Å². The molecule has 0 bridgehead atoms. The molecule has 3 aromatic rings. The van der Waals surface area contributed by atoms with Gasteiger partial charge in [0.15, 0.2) is 16.7 Å². The lowest BCUT2D eigenvalue weighted by atomic mass is 10.2. The molecule has 0 atom stereocenters. The Morgan fingerprint density at radius 2 is 2.07 bits per heavy atom. The highest BCUT2D eigenvalue weighted by Crippen LogP contribution is 2.25. The van der Waals surface area contributed by atoms with E-state index >= 15 is 0 Å². The summed E-state index contributed by atoms with van der Waals surface area (Å²) in [4.78, 5) is 12.2. The average molecular weight is 405 g/mol. The summed E-state index contributed by atoms with van der Waals surface area (Å²) in [6, 6.07) is 11.1. The zero-order valence-corrected chi connectivity index (χ0v) is 16.8. The lowest BCUT2D eigenvalue weighted by Crippen LogP contribution is -2.25. The summed E-state index contributed by atoms with van der Waals surface area (Å²) in [5.74, 6) is 1.91. The van der Waals surface area contributed by atoms with Crippen molar-refractivity contribution in [2.75, 3.05) is 5.75 Å². The van der Waals surface area contributed by atoms with Gasteiger partial charge >= 0.3 is 0 Å². The molecule has 0 saturated heterocycles. The smallest absolute Gasteiger partial charge is 0.230 e. The van der Waals surface area contributed by atoms with E-state index in [9.17, 15) is 4.79 Å². The van der Waals surface area contributed by atoms with Crippen LogP contribution in [0.1, 0.15) is 19.4 Å². The topological polar surface area (TPSA) is 73.0 Å². The van der Waals surface area contributed by atoms with Crippen LogP contribution in [0.25, 0.3) is 11.6 Å². The number of nitrogens with zero attached hydrogens (tertiary/aromatic N) is 3. The first-order valence-electron chi connectivity index (χ1n) is 8.64. The van der Waals surface area contributed by atoms with Crippen molar-refractivity contribution in [2.45, 2.75) is 32.1 Å². The van der Waals surface area contributed by atoms with Gasteiger partial charge in [-0.2, -0.15) is 0 Å². The molecule has 0 radical (unpaired) electrons. The van der Waals surface area contributed by atoms with Crippen molar-refractivity contribution in [3.8, 4) is 11.6 Å². The maximum atomic E-state index is 12.2.